The molecule has 0 unspecified atom stereocenters. The Morgan fingerprint density at radius 1 is 1.38 bits per heavy atom. The number of aliphatic hydroxyl groups excluding tert-OH is 1. The third-order valence-corrected chi connectivity index (χ3v) is 3.81. The quantitative estimate of drug-likeness (QED) is 0.817. The summed E-state index contributed by atoms with van der Waals surface area (Å²) in [5.41, 5.74) is 1.27. The zero-order valence-electron chi connectivity index (χ0n) is 9.43. The van der Waals surface area contributed by atoms with Crippen molar-refractivity contribution in [1.82, 2.24) is 4.90 Å². The average molecular weight is 255 g/mol. The van der Waals surface area contributed by atoms with Crippen LogP contribution in [0, 0.1) is 0 Å². The van der Waals surface area contributed by atoms with E-state index in [-0.39, 0.29) is 6.61 Å². The Balaban J connectivity index is 2.40. The predicted molar refractivity (Wildman–Crippen MR) is 74.7 cm³/mol. The van der Waals surface area contributed by atoms with Crippen LogP contribution >= 0.6 is 24.0 Å². The fraction of sp³-hybridized carbons (Fsp3) is 0.417. The zero-order valence-corrected chi connectivity index (χ0v) is 11.1. The molecule has 0 aliphatic heterocycles. The Labute approximate surface area is 107 Å². The van der Waals surface area contributed by atoms with Crippen LogP contribution in [0.3, 0.4) is 0 Å². The number of hydrogen-bond acceptors (Lipinski definition) is 3. The number of aliphatic hydroxyl groups is 1. The highest BCUT2D eigenvalue weighted by Crippen LogP contribution is 2.16. The number of rotatable bonds is 5. The van der Waals surface area contributed by atoms with E-state index in [1.807, 2.05) is 30.0 Å². The van der Waals surface area contributed by atoms with E-state index in [4.69, 9.17) is 17.3 Å². The highest BCUT2D eigenvalue weighted by molar-refractivity contribution is 8.22. The number of benzene rings is 1. The molecular weight excluding hydrogens is 238 g/mol. The van der Waals surface area contributed by atoms with Crippen LogP contribution < -0.4 is 0 Å². The third-order valence-electron chi connectivity index (χ3n) is 2.21. The van der Waals surface area contributed by atoms with E-state index in [2.05, 4.69) is 12.1 Å². The first-order valence-corrected chi connectivity index (χ1v) is 6.73. The lowest BCUT2D eigenvalue weighted by atomic mass is 10.2. The normalized spacial score (nSPS) is 10.1. The first-order valence-electron chi connectivity index (χ1n) is 5.34. The molecule has 0 saturated heterocycles. The van der Waals surface area contributed by atoms with Gasteiger partial charge in [0.25, 0.3) is 0 Å². The van der Waals surface area contributed by atoms with Gasteiger partial charge in [-0.2, -0.15) is 0 Å². The number of hydrogen-bond donors (Lipinski definition) is 1. The number of thioether (sulfide) groups is 1. The van der Waals surface area contributed by atoms with Crippen LogP contribution in [0.25, 0.3) is 0 Å². The molecule has 2 nitrogen and oxygen atoms in total. The molecule has 0 amide bonds. The fourth-order valence-electron chi connectivity index (χ4n) is 1.31. The predicted octanol–water partition coefficient (Wildman–Crippen LogP) is 2.52. The van der Waals surface area contributed by atoms with Gasteiger partial charge in [-0.15, -0.1) is 0 Å². The molecule has 0 heterocycles. The van der Waals surface area contributed by atoms with Crippen LogP contribution in [-0.4, -0.2) is 34.0 Å². The van der Waals surface area contributed by atoms with Gasteiger partial charge < -0.3 is 10.0 Å². The van der Waals surface area contributed by atoms with E-state index in [1.54, 1.807) is 11.8 Å². The number of nitrogens with zero attached hydrogens (tertiary/aromatic N) is 1. The van der Waals surface area contributed by atoms with Gasteiger partial charge in [-0.3, -0.25) is 0 Å². The Hall–Kier alpha value is -0.580. The lowest BCUT2D eigenvalue weighted by Crippen LogP contribution is -2.30. The summed E-state index contributed by atoms with van der Waals surface area (Å²) in [5, 5.41) is 8.89. The summed E-state index contributed by atoms with van der Waals surface area (Å²) in [4.78, 5) is 2.02. The van der Waals surface area contributed by atoms with Crippen LogP contribution in [0.4, 0.5) is 0 Å². The standard InChI is InChI=1S/C12H17NOS2/c1-2-13(8-9-14)12(15)16-10-11-6-4-3-5-7-11/h3-7,14H,2,8-10H2,1H3. The van der Waals surface area contributed by atoms with Gasteiger partial charge in [0.05, 0.1) is 6.61 Å². The summed E-state index contributed by atoms with van der Waals surface area (Å²) < 4.78 is 0.861. The third kappa shape index (κ3) is 4.51. The maximum Gasteiger partial charge on any atom is 0.136 e. The Morgan fingerprint density at radius 3 is 2.62 bits per heavy atom. The van der Waals surface area contributed by atoms with E-state index in [1.165, 1.54) is 5.56 Å². The average Bonchev–Trinajstić information content (AvgIpc) is 2.34. The second-order valence-electron chi connectivity index (χ2n) is 3.34. The van der Waals surface area contributed by atoms with Gasteiger partial charge in [0.15, 0.2) is 0 Å². The lowest BCUT2D eigenvalue weighted by molar-refractivity contribution is 0.256. The van der Waals surface area contributed by atoms with Crippen molar-refractivity contribution in [1.29, 1.82) is 0 Å². The summed E-state index contributed by atoms with van der Waals surface area (Å²) >= 11 is 6.97. The summed E-state index contributed by atoms with van der Waals surface area (Å²) in [6.07, 6.45) is 0. The molecule has 0 radical (unpaired) electrons. The van der Waals surface area contributed by atoms with Crippen molar-refractivity contribution in [2.75, 3.05) is 19.7 Å². The Kier molecular flexibility index (Phi) is 6.45. The molecule has 0 spiro atoms. The van der Waals surface area contributed by atoms with Crippen LogP contribution in [0.2, 0.25) is 0 Å². The fourth-order valence-corrected chi connectivity index (χ4v) is 2.59. The molecule has 1 aromatic rings. The van der Waals surface area contributed by atoms with Crippen LogP contribution in [0.1, 0.15) is 12.5 Å². The summed E-state index contributed by atoms with van der Waals surface area (Å²) in [6.45, 7) is 3.67. The van der Waals surface area contributed by atoms with Gasteiger partial charge in [-0.25, -0.2) is 0 Å². The number of likely N-dealkylation sites (N-methyl/N-ethyl adjacent to an activating group) is 1. The summed E-state index contributed by atoms with van der Waals surface area (Å²) in [6, 6.07) is 10.3. The van der Waals surface area contributed by atoms with Gasteiger partial charge >= 0.3 is 0 Å². The van der Waals surface area contributed by atoms with Crippen molar-refractivity contribution in [2.24, 2.45) is 0 Å². The van der Waals surface area contributed by atoms with Crippen LogP contribution in [0.5, 0.6) is 0 Å². The van der Waals surface area contributed by atoms with Gasteiger partial charge in [-0.05, 0) is 12.5 Å². The Morgan fingerprint density at radius 2 is 2.06 bits per heavy atom. The molecule has 0 saturated carbocycles. The van der Waals surface area contributed by atoms with E-state index in [0.717, 1.165) is 16.6 Å². The van der Waals surface area contributed by atoms with E-state index in [9.17, 15) is 0 Å². The molecule has 0 aliphatic carbocycles. The minimum Gasteiger partial charge on any atom is -0.395 e. The zero-order chi connectivity index (χ0) is 11.8. The topological polar surface area (TPSA) is 23.5 Å². The van der Waals surface area contributed by atoms with Crippen LogP contribution in [0.15, 0.2) is 30.3 Å². The Bertz CT molecular complexity index is 316. The second kappa shape index (κ2) is 7.65. The molecule has 1 N–H and O–H groups in total. The van der Waals surface area contributed by atoms with Crippen molar-refractivity contribution >= 4 is 28.3 Å². The molecule has 4 heteroatoms. The SMILES string of the molecule is CCN(CCO)C(=S)SCc1ccccc1. The minimum absolute atomic E-state index is 0.153. The first-order chi connectivity index (χ1) is 7.77. The molecule has 16 heavy (non-hydrogen) atoms. The number of thiocarbonyl (C=S) groups is 1. The summed E-state index contributed by atoms with van der Waals surface area (Å²) in [7, 11) is 0. The van der Waals surface area contributed by atoms with Crippen LogP contribution in [-0.2, 0) is 5.75 Å². The first kappa shape index (κ1) is 13.5. The smallest absolute Gasteiger partial charge is 0.136 e. The lowest BCUT2D eigenvalue weighted by Gasteiger charge is -2.21. The van der Waals surface area contributed by atoms with Gasteiger partial charge in [0.1, 0.15) is 4.32 Å². The van der Waals surface area contributed by atoms with Crippen molar-refractivity contribution < 1.29 is 5.11 Å². The second-order valence-corrected chi connectivity index (χ2v) is 4.95. The van der Waals surface area contributed by atoms with Crippen molar-refractivity contribution in [3.05, 3.63) is 35.9 Å². The maximum absolute atomic E-state index is 8.89. The maximum atomic E-state index is 8.89. The molecule has 0 atom stereocenters. The van der Waals surface area contributed by atoms with Crippen molar-refractivity contribution in [3.63, 3.8) is 0 Å². The highest BCUT2D eigenvalue weighted by Gasteiger charge is 2.07. The minimum atomic E-state index is 0.153. The molecule has 1 rings (SSSR count). The molecule has 0 fully saturated rings. The van der Waals surface area contributed by atoms with Gasteiger partial charge in [0.2, 0.25) is 0 Å². The largest absolute Gasteiger partial charge is 0.395 e. The molecule has 0 aromatic heterocycles. The molecule has 88 valence electrons. The molecule has 1 aromatic carbocycles. The highest BCUT2D eigenvalue weighted by atomic mass is 32.2. The van der Waals surface area contributed by atoms with E-state index < -0.39 is 0 Å². The van der Waals surface area contributed by atoms with E-state index in [0.29, 0.717) is 6.54 Å². The monoisotopic (exact) mass is 255 g/mol. The van der Waals surface area contributed by atoms with E-state index >= 15 is 0 Å². The van der Waals surface area contributed by atoms with Gasteiger partial charge in [0, 0.05) is 18.8 Å². The molecule has 0 bridgehead atoms. The van der Waals surface area contributed by atoms with Crippen molar-refractivity contribution in [2.45, 2.75) is 12.7 Å². The summed E-state index contributed by atoms with van der Waals surface area (Å²) in [5.74, 6) is 0.890. The molecule has 0 aliphatic rings. The van der Waals surface area contributed by atoms with Crippen molar-refractivity contribution in [3.8, 4) is 0 Å². The van der Waals surface area contributed by atoms with Gasteiger partial charge in [-0.1, -0.05) is 54.3 Å². The molecular formula is C12H17NOS2.